The van der Waals surface area contributed by atoms with Gasteiger partial charge < -0.3 is 52.7 Å². The van der Waals surface area contributed by atoms with Gasteiger partial charge in [0.1, 0.15) is 17.2 Å². The van der Waals surface area contributed by atoms with Crippen LogP contribution in [0.25, 0.3) is 32.9 Å². The van der Waals surface area contributed by atoms with Crippen molar-refractivity contribution in [3.8, 4) is 17.2 Å². The zero-order chi connectivity index (χ0) is 44.7. The highest BCUT2D eigenvalue weighted by atomic mass is 16.7. The lowest BCUT2D eigenvalue weighted by molar-refractivity contribution is -0.183. The molecule has 17 heteroatoms. The number of hydrogen-bond acceptors (Lipinski definition) is 16. The van der Waals surface area contributed by atoms with E-state index in [9.17, 15) is 44.1 Å². The molecule has 1 saturated heterocycles. The highest BCUT2D eigenvalue weighted by molar-refractivity contribution is 5.99. The van der Waals surface area contributed by atoms with Crippen LogP contribution in [-0.2, 0) is 53.2 Å². The van der Waals surface area contributed by atoms with E-state index in [4.69, 9.17) is 22.7 Å². The number of benzene rings is 3. The lowest BCUT2D eigenvalue weighted by Crippen LogP contribution is -2.37. The van der Waals surface area contributed by atoms with Crippen LogP contribution in [0.1, 0.15) is 79.3 Å². The van der Waals surface area contributed by atoms with Crippen molar-refractivity contribution in [1.82, 2.24) is 14.7 Å². The fraction of sp³-hybridized carbons (Fsp3) is 0.348. The van der Waals surface area contributed by atoms with Crippen LogP contribution in [0.2, 0.25) is 0 Å². The summed E-state index contributed by atoms with van der Waals surface area (Å²) in [4.78, 5) is 75.8. The number of aldehydes is 2. The van der Waals surface area contributed by atoms with Gasteiger partial charge in [-0.15, -0.1) is 0 Å². The van der Waals surface area contributed by atoms with Crippen molar-refractivity contribution >= 4 is 51.4 Å². The second kappa shape index (κ2) is 17.6. The van der Waals surface area contributed by atoms with Crippen molar-refractivity contribution < 1.29 is 52.4 Å². The molecule has 4 aliphatic heterocycles. The highest BCUT2D eigenvalue weighted by Crippen LogP contribution is 2.38. The fourth-order valence-corrected chi connectivity index (χ4v) is 8.67. The Balaban J connectivity index is 0.000000130. The molecule has 63 heavy (non-hydrogen) atoms. The van der Waals surface area contributed by atoms with E-state index in [1.54, 1.807) is 23.1 Å². The molecule has 7 heterocycles. The average molecular weight is 864 g/mol. The minimum Gasteiger partial charge on any atom is -0.507 e. The predicted molar refractivity (Wildman–Crippen MR) is 227 cm³/mol. The van der Waals surface area contributed by atoms with Gasteiger partial charge in [-0.25, -0.2) is 14.4 Å². The second-order valence-electron chi connectivity index (χ2n) is 16.0. The zero-order valence-corrected chi connectivity index (χ0v) is 34.9. The van der Waals surface area contributed by atoms with E-state index in [0.29, 0.717) is 85.1 Å². The van der Waals surface area contributed by atoms with Crippen LogP contribution in [0.15, 0.2) is 64.0 Å². The van der Waals surface area contributed by atoms with Crippen LogP contribution >= 0.6 is 0 Å². The van der Waals surface area contributed by atoms with Crippen LogP contribution in [0.3, 0.4) is 0 Å². The molecule has 1 fully saturated rings. The van der Waals surface area contributed by atoms with Gasteiger partial charge in [-0.1, -0.05) is 0 Å². The first-order valence-corrected chi connectivity index (χ1v) is 20.5. The van der Waals surface area contributed by atoms with Crippen molar-refractivity contribution in [3.05, 3.63) is 118 Å². The fourth-order valence-electron chi connectivity index (χ4n) is 8.67. The lowest BCUT2D eigenvalue weighted by atomic mass is 9.96. The Morgan fingerprint density at radius 2 is 1.00 bits per heavy atom. The molecule has 328 valence electrons. The van der Waals surface area contributed by atoms with Gasteiger partial charge in [0.2, 0.25) is 5.91 Å². The first kappa shape index (κ1) is 43.0. The molecule has 0 radical (unpaired) electrons. The minimum absolute atomic E-state index is 0.0265. The smallest absolute Gasteiger partial charge is 0.341 e. The summed E-state index contributed by atoms with van der Waals surface area (Å²) < 4.78 is 27.2. The zero-order valence-electron chi connectivity index (χ0n) is 34.9. The van der Waals surface area contributed by atoms with E-state index in [1.165, 1.54) is 19.1 Å². The molecule has 3 aromatic carbocycles. The van der Waals surface area contributed by atoms with Crippen molar-refractivity contribution in [2.24, 2.45) is 0 Å². The summed E-state index contributed by atoms with van der Waals surface area (Å²) in [6.45, 7) is 6.15. The number of hydrogen-bond donors (Lipinski definition) is 3. The SMILES string of the molecule is CC(=O)N1CCc2c(c(=O)oc3c(C=O)c(O)ccc23)C1.CN1CCc2c(c(=O)oc3c(C4OCCCO4)c(O)ccc23)C1.CN1CCc2c(c(=O)oc3c(C=O)c(O)ccc23)C1. The number of phenols is 3. The first-order chi connectivity index (χ1) is 30.3. The quantitative estimate of drug-likeness (QED) is 0.165. The van der Waals surface area contributed by atoms with E-state index in [1.807, 2.05) is 25.1 Å². The monoisotopic (exact) mass is 863 g/mol. The molecule has 3 aromatic heterocycles. The molecule has 0 saturated carbocycles. The number of ether oxygens (including phenoxy) is 2. The molecule has 1 amide bonds. The maximum atomic E-state index is 12.4. The van der Waals surface area contributed by atoms with Gasteiger partial charge in [0.15, 0.2) is 35.6 Å². The van der Waals surface area contributed by atoms with Gasteiger partial charge in [0.05, 0.1) is 53.1 Å². The highest BCUT2D eigenvalue weighted by Gasteiger charge is 2.29. The number of rotatable bonds is 3. The van der Waals surface area contributed by atoms with E-state index >= 15 is 0 Å². The average Bonchev–Trinajstić information content (AvgIpc) is 3.27. The minimum atomic E-state index is -0.695. The van der Waals surface area contributed by atoms with Gasteiger partial charge in [0, 0.05) is 55.8 Å². The Labute approximate surface area is 358 Å². The van der Waals surface area contributed by atoms with Crippen LogP contribution < -0.4 is 16.9 Å². The van der Waals surface area contributed by atoms with Crippen LogP contribution in [0, 0.1) is 0 Å². The molecule has 0 bridgehead atoms. The number of carbonyl (C=O) groups is 3. The van der Waals surface area contributed by atoms with Gasteiger partial charge >= 0.3 is 16.9 Å². The molecule has 0 spiro atoms. The predicted octanol–water partition coefficient (Wildman–Crippen LogP) is 4.44. The van der Waals surface area contributed by atoms with Crippen LogP contribution in [0.5, 0.6) is 17.2 Å². The molecule has 4 aliphatic rings. The third kappa shape index (κ3) is 8.11. The molecule has 17 nitrogen and oxygen atoms in total. The van der Waals surface area contributed by atoms with Gasteiger partial charge in [-0.05, 0) is 92.9 Å². The third-order valence-corrected chi connectivity index (χ3v) is 12.0. The number of likely N-dealkylation sites (N-methyl/N-ethyl adjacent to an activating group) is 2. The Bertz CT molecular complexity index is 3000. The molecular formula is C46H45N3O14. The number of nitrogens with zero attached hydrogens (tertiary/aromatic N) is 3. The third-order valence-electron chi connectivity index (χ3n) is 12.0. The molecule has 0 atom stereocenters. The molecule has 3 N–H and O–H groups in total. The second-order valence-corrected chi connectivity index (χ2v) is 16.0. The summed E-state index contributed by atoms with van der Waals surface area (Å²) >= 11 is 0. The normalized spacial score (nSPS) is 16.6. The van der Waals surface area contributed by atoms with Gasteiger partial charge in [-0.2, -0.15) is 0 Å². The van der Waals surface area contributed by atoms with E-state index in [0.717, 1.165) is 59.8 Å². The van der Waals surface area contributed by atoms with Crippen LogP contribution in [-0.4, -0.2) is 95.4 Å². The standard InChI is InChI=1S/C17H19NO5.C15H13NO5.C14H13NO4/c1-18-6-5-10-11-3-4-13(19)14(17-21-7-2-8-22-17)15(11)23-16(20)12(10)9-18;1-8(18)16-5-4-9-10-2-3-13(19)12(7-17)14(10)21-15(20)11(9)6-16;1-15-5-4-8-9-2-3-12(17)11(7-16)13(9)19-14(18)10(8)6-15/h3-4,17,19H,2,5-9H2,1H3;2-3,7,19H,4-6H2,1H3;2-3,7,17H,4-6H2,1H3. The van der Waals surface area contributed by atoms with Crippen molar-refractivity contribution in [3.63, 3.8) is 0 Å². The van der Waals surface area contributed by atoms with Gasteiger partial charge in [0.25, 0.3) is 0 Å². The lowest BCUT2D eigenvalue weighted by Gasteiger charge is -2.27. The first-order valence-electron chi connectivity index (χ1n) is 20.5. The number of carbonyl (C=O) groups excluding carboxylic acids is 3. The molecular weight excluding hydrogens is 819 g/mol. The summed E-state index contributed by atoms with van der Waals surface area (Å²) in [6, 6.07) is 9.63. The maximum Gasteiger partial charge on any atom is 0.341 e. The topological polar surface area (TPSA) is 231 Å². The largest absolute Gasteiger partial charge is 0.507 e. The molecule has 6 aromatic rings. The molecule has 10 rings (SSSR count). The summed E-state index contributed by atoms with van der Waals surface area (Å²) in [7, 11) is 3.93. The summed E-state index contributed by atoms with van der Waals surface area (Å²) in [5.74, 6) is -0.458. The van der Waals surface area contributed by atoms with Crippen LogP contribution in [0.4, 0.5) is 0 Å². The number of phenolic OH excluding ortho intramolecular Hbond substituents is 3. The Morgan fingerprint density at radius 3 is 1.46 bits per heavy atom. The van der Waals surface area contributed by atoms with Crippen molar-refractivity contribution in [1.29, 1.82) is 0 Å². The van der Waals surface area contributed by atoms with E-state index in [2.05, 4.69) is 4.90 Å². The maximum absolute atomic E-state index is 12.4. The van der Waals surface area contributed by atoms with Crippen molar-refractivity contribution in [2.75, 3.05) is 46.9 Å². The summed E-state index contributed by atoms with van der Waals surface area (Å²) in [5, 5.41) is 31.8. The number of amides is 1. The Kier molecular flexibility index (Phi) is 12.0. The van der Waals surface area contributed by atoms with Gasteiger partial charge in [-0.3, -0.25) is 14.4 Å². The number of fused-ring (bicyclic) bond motifs is 9. The summed E-state index contributed by atoms with van der Waals surface area (Å²) in [5.41, 5.74) is 4.24. The van der Waals surface area contributed by atoms with E-state index in [-0.39, 0.29) is 57.6 Å². The Morgan fingerprint density at radius 1 is 0.587 bits per heavy atom. The summed E-state index contributed by atoms with van der Waals surface area (Å²) in [6.07, 6.45) is 3.13. The van der Waals surface area contributed by atoms with E-state index < -0.39 is 17.5 Å². The number of aromatic hydroxyl groups is 3. The van der Waals surface area contributed by atoms with Crippen molar-refractivity contribution in [2.45, 2.75) is 58.5 Å². The molecule has 0 unspecified atom stereocenters. The Hall–Kier alpha value is -6.66. The molecule has 0 aliphatic carbocycles.